The second kappa shape index (κ2) is 4.88. The van der Waals surface area contributed by atoms with Crippen LogP contribution in [0.4, 0.5) is 0 Å². The van der Waals surface area contributed by atoms with Gasteiger partial charge in [-0.3, -0.25) is 4.68 Å². The molecule has 0 spiro atoms. The Bertz CT molecular complexity index is 695. The van der Waals surface area contributed by atoms with Gasteiger partial charge in [0.25, 0.3) is 0 Å². The van der Waals surface area contributed by atoms with Gasteiger partial charge in [0, 0.05) is 11.6 Å². The first-order valence-corrected chi connectivity index (χ1v) is 6.09. The molecule has 0 saturated carbocycles. The van der Waals surface area contributed by atoms with Crippen molar-refractivity contribution in [1.82, 2.24) is 9.78 Å². The van der Waals surface area contributed by atoms with Crippen LogP contribution >= 0.6 is 0 Å². The summed E-state index contributed by atoms with van der Waals surface area (Å²) >= 11 is 0. The highest BCUT2D eigenvalue weighted by molar-refractivity contribution is 6.58. The summed E-state index contributed by atoms with van der Waals surface area (Å²) in [7, 11) is -1.45. The molecule has 2 aromatic carbocycles. The Hall–Kier alpha value is -2.11. The average Bonchev–Trinajstić information content (AvgIpc) is 2.80. The second-order valence-corrected chi connectivity index (χ2v) is 4.50. The zero-order valence-corrected chi connectivity index (χ0v) is 10.3. The van der Waals surface area contributed by atoms with E-state index in [-0.39, 0.29) is 0 Å². The summed E-state index contributed by atoms with van der Waals surface area (Å²) in [5.74, 6) is 0. The lowest BCUT2D eigenvalue weighted by atomic mass is 9.80. The SMILES string of the molecule is OB(O)c1ccc2cn(Cc3ccccc3)nc2c1. The van der Waals surface area contributed by atoms with E-state index in [1.807, 2.05) is 35.1 Å². The molecule has 0 atom stereocenters. The van der Waals surface area contributed by atoms with Crippen molar-refractivity contribution in [2.24, 2.45) is 0 Å². The monoisotopic (exact) mass is 252 g/mol. The Kier molecular flexibility index (Phi) is 3.07. The molecule has 0 bridgehead atoms. The number of nitrogens with zero attached hydrogens (tertiary/aromatic N) is 2. The largest absolute Gasteiger partial charge is 0.488 e. The Balaban J connectivity index is 1.93. The number of hydrogen-bond donors (Lipinski definition) is 2. The van der Waals surface area contributed by atoms with Crippen LogP contribution in [0.2, 0.25) is 0 Å². The lowest BCUT2D eigenvalue weighted by Crippen LogP contribution is -2.29. The molecular weight excluding hydrogens is 239 g/mol. The van der Waals surface area contributed by atoms with E-state index in [9.17, 15) is 0 Å². The highest BCUT2D eigenvalue weighted by atomic mass is 16.4. The zero-order chi connectivity index (χ0) is 13.2. The predicted molar refractivity (Wildman–Crippen MR) is 75.1 cm³/mol. The molecule has 0 amide bonds. The van der Waals surface area contributed by atoms with Gasteiger partial charge in [0.2, 0.25) is 0 Å². The number of hydrogen-bond acceptors (Lipinski definition) is 3. The fourth-order valence-corrected chi connectivity index (χ4v) is 2.10. The third-order valence-electron chi connectivity index (χ3n) is 3.06. The number of benzene rings is 2. The first-order chi connectivity index (χ1) is 9.22. The summed E-state index contributed by atoms with van der Waals surface area (Å²) in [6, 6.07) is 15.3. The maximum Gasteiger partial charge on any atom is 0.488 e. The lowest BCUT2D eigenvalue weighted by molar-refractivity contribution is 0.426. The average molecular weight is 252 g/mol. The third kappa shape index (κ3) is 2.52. The van der Waals surface area contributed by atoms with Gasteiger partial charge in [-0.2, -0.15) is 5.10 Å². The van der Waals surface area contributed by atoms with Gasteiger partial charge in [0.05, 0.1) is 12.1 Å². The smallest absolute Gasteiger partial charge is 0.423 e. The van der Waals surface area contributed by atoms with E-state index in [0.29, 0.717) is 12.0 Å². The quantitative estimate of drug-likeness (QED) is 0.677. The molecule has 0 aliphatic carbocycles. The van der Waals surface area contributed by atoms with E-state index >= 15 is 0 Å². The molecule has 5 heteroatoms. The van der Waals surface area contributed by atoms with Crippen molar-refractivity contribution >= 4 is 23.5 Å². The van der Waals surface area contributed by atoms with Gasteiger partial charge in [0.1, 0.15) is 0 Å². The first kappa shape index (κ1) is 12.0. The Morgan fingerprint density at radius 3 is 2.58 bits per heavy atom. The van der Waals surface area contributed by atoms with Crippen molar-refractivity contribution in [3.63, 3.8) is 0 Å². The number of aromatic nitrogens is 2. The maximum absolute atomic E-state index is 9.15. The maximum atomic E-state index is 9.15. The molecule has 0 fully saturated rings. The van der Waals surface area contributed by atoms with E-state index < -0.39 is 7.12 Å². The van der Waals surface area contributed by atoms with Crippen molar-refractivity contribution in [2.45, 2.75) is 6.54 Å². The highest BCUT2D eigenvalue weighted by Crippen LogP contribution is 2.11. The molecule has 4 nitrogen and oxygen atoms in total. The molecule has 19 heavy (non-hydrogen) atoms. The summed E-state index contributed by atoms with van der Waals surface area (Å²) in [5, 5.41) is 23.7. The van der Waals surface area contributed by atoms with Crippen LogP contribution in [0.3, 0.4) is 0 Å². The van der Waals surface area contributed by atoms with E-state index in [1.165, 1.54) is 5.56 Å². The summed E-state index contributed by atoms with van der Waals surface area (Å²) < 4.78 is 1.85. The van der Waals surface area contributed by atoms with Gasteiger partial charge in [-0.05, 0) is 17.1 Å². The minimum atomic E-state index is -1.45. The highest BCUT2D eigenvalue weighted by Gasteiger charge is 2.12. The number of rotatable bonds is 3. The van der Waals surface area contributed by atoms with Crippen molar-refractivity contribution < 1.29 is 10.0 Å². The molecule has 1 aromatic heterocycles. The second-order valence-electron chi connectivity index (χ2n) is 4.50. The molecule has 3 rings (SSSR count). The van der Waals surface area contributed by atoms with Gasteiger partial charge in [0.15, 0.2) is 0 Å². The predicted octanol–water partition coefficient (Wildman–Crippen LogP) is 0.764. The van der Waals surface area contributed by atoms with Crippen LogP contribution in [0.1, 0.15) is 5.56 Å². The van der Waals surface area contributed by atoms with E-state index in [2.05, 4.69) is 17.2 Å². The summed E-state index contributed by atoms with van der Waals surface area (Å²) in [6.07, 6.45) is 1.95. The van der Waals surface area contributed by atoms with Crippen molar-refractivity contribution in [1.29, 1.82) is 0 Å². The molecule has 1 heterocycles. The minimum Gasteiger partial charge on any atom is -0.423 e. The molecule has 0 unspecified atom stereocenters. The van der Waals surface area contributed by atoms with E-state index in [0.717, 1.165) is 10.9 Å². The topological polar surface area (TPSA) is 58.3 Å². The van der Waals surface area contributed by atoms with Gasteiger partial charge in [-0.15, -0.1) is 0 Å². The summed E-state index contributed by atoms with van der Waals surface area (Å²) in [6.45, 7) is 0.701. The third-order valence-corrected chi connectivity index (χ3v) is 3.06. The van der Waals surface area contributed by atoms with Crippen LogP contribution in [-0.4, -0.2) is 26.9 Å². The fraction of sp³-hybridized carbons (Fsp3) is 0.0714. The van der Waals surface area contributed by atoms with Gasteiger partial charge >= 0.3 is 7.12 Å². The molecule has 0 radical (unpaired) electrons. The number of fused-ring (bicyclic) bond motifs is 1. The molecule has 94 valence electrons. The Morgan fingerprint density at radius 2 is 1.84 bits per heavy atom. The van der Waals surface area contributed by atoms with Gasteiger partial charge in [-0.1, -0.05) is 42.5 Å². The fourth-order valence-electron chi connectivity index (χ4n) is 2.10. The Labute approximate surface area is 111 Å². The molecular formula is C14H13BN2O2. The van der Waals surface area contributed by atoms with Crippen LogP contribution in [0.5, 0.6) is 0 Å². The van der Waals surface area contributed by atoms with Crippen LogP contribution in [0, 0.1) is 0 Å². The molecule has 0 saturated heterocycles. The van der Waals surface area contributed by atoms with Gasteiger partial charge < -0.3 is 10.0 Å². The van der Waals surface area contributed by atoms with Crippen LogP contribution < -0.4 is 5.46 Å². The summed E-state index contributed by atoms with van der Waals surface area (Å²) in [5.41, 5.74) is 2.40. The lowest BCUT2D eigenvalue weighted by Gasteiger charge is -2.00. The van der Waals surface area contributed by atoms with E-state index in [1.54, 1.807) is 12.1 Å². The van der Waals surface area contributed by atoms with Crippen LogP contribution in [-0.2, 0) is 6.54 Å². The Morgan fingerprint density at radius 1 is 1.05 bits per heavy atom. The molecule has 2 N–H and O–H groups in total. The van der Waals surface area contributed by atoms with Crippen LogP contribution in [0.25, 0.3) is 10.9 Å². The van der Waals surface area contributed by atoms with Gasteiger partial charge in [-0.25, -0.2) is 0 Å². The standard InChI is InChI=1S/C14H13BN2O2/c18-15(19)13-7-6-12-10-17(16-14(12)8-13)9-11-4-2-1-3-5-11/h1-8,10,18-19H,9H2. The minimum absolute atomic E-state index is 0.456. The molecule has 0 aliphatic rings. The summed E-state index contributed by atoms with van der Waals surface area (Å²) in [4.78, 5) is 0. The molecule has 0 aliphatic heterocycles. The van der Waals surface area contributed by atoms with Crippen molar-refractivity contribution in [3.05, 3.63) is 60.3 Å². The normalized spacial score (nSPS) is 10.8. The van der Waals surface area contributed by atoms with Crippen molar-refractivity contribution in [3.8, 4) is 0 Å². The van der Waals surface area contributed by atoms with Crippen LogP contribution in [0.15, 0.2) is 54.7 Å². The zero-order valence-electron chi connectivity index (χ0n) is 10.3. The first-order valence-electron chi connectivity index (χ1n) is 6.09. The van der Waals surface area contributed by atoms with Crippen molar-refractivity contribution in [2.75, 3.05) is 0 Å². The molecule has 3 aromatic rings. The van der Waals surface area contributed by atoms with E-state index in [4.69, 9.17) is 10.0 Å².